The monoisotopic (exact) mass is 547 g/mol. The summed E-state index contributed by atoms with van der Waals surface area (Å²) in [5.74, 6) is 0. The summed E-state index contributed by atoms with van der Waals surface area (Å²) in [5, 5.41) is 8.75. The van der Waals surface area contributed by atoms with E-state index >= 15 is 0 Å². The molecule has 0 saturated carbocycles. The lowest BCUT2D eigenvalue weighted by Gasteiger charge is -2.22. The molecule has 0 radical (unpaired) electrons. The highest BCUT2D eigenvalue weighted by molar-refractivity contribution is 6.33. The van der Waals surface area contributed by atoms with Gasteiger partial charge in [-0.15, -0.1) is 0 Å². The molecule has 1 aromatic heterocycles. The van der Waals surface area contributed by atoms with Gasteiger partial charge < -0.3 is 0 Å². The van der Waals surface area contributed by atoms with Crippen molar-refractivity contribution >= 4 is 43.2 Å². The van der Waals surface area contributed by atoms with Crippen LogP contribution >= 0.6 is 0 Å². The number of nitrogens with zero attached hydrogens (tertiary/aromatic N) is 1. The highest BCUT2D eigenvalue weighted by atomic mass is 14.7. The van der Waals surface area contributed by atoms with E-state index in [0.29, 0.717) is 0 Å². The van der Waals surface area contributed by atoms with E-state index in [1.54, 1.807) is 0 Å². The Bertz CT molecular complexity index is 2430. The molecular formula is C42H29N. The van der Waals surface area contributed by atoms with Crippen LogP contribution in [0.3, 0.4) is 0 Å². The summed E-state index contributed by atoms with van der Waals surface area (Å²) in [7, 11) is 0. The number of hydrogen-bond acceptors (Lipinski definition) is 1. The van der Waals surface area contributed by atoms with E-state index in [0.717, 1.165) is 16.8 Å². The molecule has 202 valence electrons. The number of rotatable bonds is 2. The van der Waals surface area contributed by atoms with Gasteiger partial charge in [-0.1, -0.05) is 135 Å². The summed E-state index contributed by atoms with van der Waals surface area (Å²) in [6.07, 6.45) is 0. The number of hydrogen-bond donors (Lipinski definition) is 0. The molecule has 1 heteroatoms. The Hall–Kier alpha value is -5.27. The maximum absolute atomic E-state index is 5.37. The van der Waals surface area contributed by atoms with Crippen molar-refractivity contribution in [2.24, 2.45) is 0 Å². The van der Waals surface area contributed by atoms with Gasteiger partial charge in [-0.3, -0.25) is 0 Å². The summed E-state index contributed by atoms with van der Waals surface area (Å²) in [6.45, 7) is 4.69. The van der Waals surface area contributed by atoms with Crippen molar-refractivity contribution in [1.29, 1.82) is 0 Å². The smallest absolute Gasteiger partial charge is 0.0794 e. The molecule has 1 nitrogen and oxygen atoms in total. The first-order valence-electron chi connectivity index (χ1n) is 15.1. The normalized spacial score (nSPS) is 13.5. The van der Waals surface area contributed by atoms with Crippen molar-refractivity contribution in [3.8, 4) is 33.5 Å². The first-order valence-corrected chi connectivity index (χ1v) is 15.1. The largest absolute Gasteiger partial charge is 0.247 e. The Morgan fingerprint density at radius 1 is 0.419 bits per heavy atom. The Morgan fingerprint density at radius 2 is 1.00 bits per heavy atom. The molecule has 0 saturated heterocycles. The molecule has 0 aliphatic heterocycles. The van der Waals surface area contributed by atoms with E-state index in [1.165, 1.54) is 71.1 Å². The van der Waals surface area contributed by atoms with Crippen LogP contribution in [0.2, 0.25) is 0 Å². The van der Waals surface area contributed by atoms with Crippen LogP contribution in [-0.2, 0) is 5.41 Å². The third-order valence-electron chi connectivity index (χ3n) is 9.63. The third kappa shape index (κ3) is 3.43. The third-order valence-corrected chi connectivity index (χ3v) is 9.63. The van der Waals surface area contributed by atoms with Gasteiger partial charge in [0.1, 0.15) is 0 Å². The second kappa shape index (κ2) is 8.86. The van der Waals surface area contributed by atoms with Gasteiger partial charge in [-0.2, -0.15) is 0 Å². The number of benzene rings is 7. The minimum Gasteiger partial charge on any atom is -0.247 e. The second-order valence-electron chi connectivity index (χ2n) is 12.3. The van der Waals surface area contributed by atoms with Gasteiger partial charge in [0.25, 0.3) is 0 Å². The molecule has 0 amide bonds. The van der Waals surface area contributed by atoms with Crippen molar-refractivity contribution in [3.05, 3.63) is 151 Å². The minimum atomic E-state index is -0.0321. The Balaban J connectivity index is 1.32. The average Bonchev–Trinajstić information content (AvgIpc) is 3.30. The van der Waals surface area contributed by atoms with Crippen LogP contribution in [0.15, 0.2) is 140 Å². The molecule has 9 rings (SSSR count). The van der Waals surface area contributed by atoms with Crippen LogP contribution in [0.5, 0.6) is 0 Å². The van der Waals surface area contributed by atoms with E-state index in [1.807, 2.05) is 0 Å². The van der Waals surface area contributed by atoms with Gasteiger partial charge in [0.2, 0.25) is 0 Å². The lowest BCUT2D eigenvalue weighted by molar-refractivity contribution is 0.660. The van der Waals surface area contributed by atoms with Gasteiger partial charge in [0.15, 0.2) is 0 Å². The summed E-state index contributed by atoms with van der Waals surface area (Å²) in [4.78, 5) is 5.37. The fraction of sp³-hybridized carbons (Fsp3) is 0.0714. The SMILES string of the molecule is CC1(C)c2ccccc2-c2ccc(-c3cccc(-c4nc5ccccc5c5c6ccccc6c6ccccc6c45)c3)cc21. The summed E-state index contributed by atoms with van der Waals surface area (Å²) >= 11 is 0. The zero-order valence-corrected chi connectivity index (χ0v) is 24.2. The first-order chi connectivity index (χ1) is 21.1. The van der Waals surface area contributed by atoms with Gasteiger partial charge in [0, 0.05) is 27.1 Å². The molecule has 0 unspecified atom stereocenters. The molecule has 0 fully saturated rings. The van der Waals surface area contributed by atoms with Crippen molar-refractivity contribution in [3.63, 3.8) is 0 Å². The predicted octanol–water partition coefficient (Wildman–Crippen LogP) is 11.3. The van der Waals surface area contributed by atoms with Crippen LogP contribution in [0.1, 0.15) is 25.0 Å². The topological polar surface area (TPSA) is 12.9 Å². The minimum absolute atomic E-state index is 0.0321. The van der Waals surface area contributed by atoms with Crippen LogP contribution in [0.25, 0.3) is 76.7 Å². The summed E-state index contributed by atoms with van der Waals surface area (Å²) in [5.41, 5.74) is 11.1. The lowest BCUT2D eigenvalue weighted by Crippen LogP contribution is -2.14. The predicted molar refractivity (Wildman–Crippen MR) is 183 cm³/mol. The van der Waals surface area contributed by atoms with E-state index in [2.05, 4.69) is 153 Å². The van der Waals surface area contributed by atoms with Gasteiger partial charge >= 0.3 is 0 Å². The zero-order valence-electron chi connectivity index (χ0n) is 24.2. The fourth-order valence-electron chi connectivity index (χ4n) is 7.56. The lowest BCUT2D eigenvalue weighted by atomic mass is 9.81. The van der Waals surface area contributed by atoms with Gasteiger partial charge in [-0.05, 0) is 73.1 Å². The summed E-state index contributed by atoms with van der Waals surface area (Å²) in [6, 6.07) is 51.0. The Labute approximate surface area is 251 Å². The molecular weight excluding hydrogens is 518 g/mol. The standard InChI is InChI=1S/C42H29N/c1-42(2)36-20-9-7-16-31(36)32-23-22-27(25-37(32)42)26-12-11-13-28(24-26)41-40-34-18-6-4-15-30(34)29-14-3-5-17-33(29)39(40)35-19-8-10-21-38(35)43-41/h3-25H,1-2H3. The molecule has 0 bridgehead atoms. The fourth-order valence-corrected chi connectivity index (χ4v) is 7.56. The van der Waals surface area contributed by atoms with Crippen molar-refractivity contribution in [1.82, 2.24) is 4.98 Å². The highest BCUT2D eigenvalue weighted by Gasteiger charge is 2.35. The molecule has 7 aromatic carbocycles. The molecule has 0 atom stereocenters. The second-order valence-corrected chi connectivity index (χ2v) is 12.3. The number of pyridine rings is 1. The maximum atomic E-state index is 5.37. The van der Waals surface area contributed by atoms with Crippen LogP contribution < -0.4 is 0 Å². The maximum Gasteiger partial charge on any atom is 0.0794 e. The Kier molecular flexibility index (Phi) is 5.02. The van der Waals surface area contributed by atoms with Crippen molar-refractivity contribution in [2.75, 3.05) is 0 Å². The van der Waals surface area contributed by atoms with Crippen molar-refractivity contribution < 1.29 is 0 Å². The molecule has 1 aliphatic rings. The van der Waals surface area contributed by atoms with Crippen LogP contribution in [0, 0.1) is 0 Å². The summed E-state index contributed by atoms with van der Waals surface area (Å²) < 4.78 is 0. The van der Waals surface area contributed by atoms with Crippen molar-refractivity contribution in [2.45, 2.75) is 19.3 Å². The van der Waals surface area contributed by atoms with E-state index in [-0.39, 0.29) is 5.41 Å². The average molecular weight is 548 g/mol. The number of fused-ring (bicyclic) bond motifs is 11. The van der Waals surface area contributed by atoms with Gasteiger partial charge in [0.05, 0.1) is 11.2 Å². The van der Waals surface area contributed by atoms with Gasteiger partial charge in [-0.25, -0.2) is 4.98 Å². The zero-order chi connectivity index (χ0) is 28.7. The van der Waals surface area contributed by atoms with E-state index in [9.17, 15) is 0 Å². The molecule has 0 N–H and O–H groups in total. The molecule has 1 aliphatic carbocycles. The van der Waals surface area contributed by atoms with E-state index < -0.39 is 0 Å². The van der Waals surface area contributed by atoms with Crippen LogP contribution in [0.4, 0.5) is 0 Å². The number of para-hydroxylation sites is 1. The number of aromatic nitrogens is 1. The molecule has 1 heterocycles. The van der Waals surface area contributed by atoms with E-state index in [4.69, 9.17) is 4.98 Å². The molecule has 0 spiro atoms. The van der Waals surface area contributed by atoms with Crippen LogP contribution in [-0.4, -0.2) is 4.98 Å². The first kappa shape index (κ1) is 24.3. The molecule has 43 heavy (non-hydrogen) atoms. The quantitative estimate of drug-likeness (QED) is 0.196. The Morgan fingerprint density at radius 3 is 1.79 bits per heavy atom. The highest BCUT2D eigenvalue weighted by Crippen LogP contribution is 2.50. The molecule has 8 aromatic rings.